The molecule has 3 aliphatic heterocycles. The third kappa shape index (κ3) is 3.94. The van der Waals surface area contributed by atoms with Gasteiger partial charge in [0.15, 0.2) is 16.3 Å². The van der Waals surface area contributed by atoms with Crippen molar-refractivity contribution in [2.24, 2.45) is 10.9 Å². The molecule has 0 N–H and O–H groups in total. The zero-order valence-electron chi connectivity index (χ0n) is 21.1. The minimum atomic E-state index is -0.706. The molecule has 8 nitrogen and oxygen atoms in total. The van der Waals surface area contributed by atoms with Crippen LogP contribution in [0.4, 0.5) is 0 Å². The number of fused-ring (bicyclic) bond motifs is 3. The summed E-state index contributed by atoms with van der Waals surface area (Å²) in [4.78, 5) is 34.5. The molecule has 0 bridgehead atoms. The third-order valence-corrected chi connectivity index (χ3v) is 8.04. The molecular weight excluding hydrogens is 502 g/mol. The first-order chi connectivity index (χ1) is 18.5. The number of allylic oxidation sites excluding steroid dienone is 3. The van der Waals surface area contributed by atoms with Crippen molar-refractivity contribution in [3.63, 3.8) is 0 Å². The zero-order chi connectivity index (χ0) is 26.4. The van der Waals surface area contributed by atoms with Crippen LogP contribution in [0.1, 0.15) is 25.5 Å². The Hall–Kier alpha value is -4.11. The predicted octanol–water partition coefficient (Wildman–Crippen LogP) is 2.98. The van der Waals surface area contributed by atoms with Gasteiger partial charge in [0.2, 0.25) is 6.79 Å². The van der Waals surface area contributed by atoms with E-state index in [4.69, 9.17) is 14.2 Å². The van der Waals surface area contributed by atoms with Crippen LogP contribution in [0.5, 0.6) is 11.5 Å². The summed E-state index contributed by atoms with van der Waals surface area (Å²) < 4.78 is 18.6. The molecule has 1 aromatic carbocycles. The Kier molecular flexibility index (Phi) is 6.15. The fraction of sp³-hybridized carbons (Fsp3) is 0.276. The highest BCUT2D eigenvalue weighted by Crippen LogP contribution is 2.38. The average Bonchev–Trinajstić information content (AvgIpc) is 3.60. The molecule has 0 spiro atoms. The van der Waals surface area contributed by atoms with Gasteiger partial charge in [-0.15, -0.1) is 6.58 Å². The normalized spacial score (nSPS) is 23.2. The van der Waals surface area contributed by atoms with Crippen LogP contribution >= 0.6 is 11.3 Å². The van der Waals surface area contributed by atoms with Gasteiger partial charge in [-0.1, -0.05) is 47.8 Å². The summed E-state index contributed by atoms with van der Waals surface area (Å²) in [6.07, 6.45) is 14.3. The third-order valence-electron chi connectivity index (χ3n) is 7.06. The predicted molar refractivity (Wildman–Crippen MR) is 144 cm³/mol. The van der Waals surface area contributed by atoms with Gasteiger partial charge in [-0.3, -0.25) is 9.36 Å². The highest BCUT2D eigenvalue weighted by molar-refractivity contribution is 7.07. The maximum absolute atomic E-state index is 14.0. The molecule has 6 rings (SSSR count). The molecule has 0 saturated carbocycles. The van der Waals surface area contributed by atoms with E-state index in [-0.39, 0.29) is 30.9 Å². The number of nitrogens with zero attached hydrogens (tertiary/aromatic N) is 3. The number of carbonyl (C=O) groups is 1. The molecule has 0 radical (unpaired) electrons. The summed E-state index contributed by atoms with van der Waals surface area (Å²) in [5.74, 6) is 0.844. The van der Waals surface area contributed by atoms with Gasteiger partial charge >= 0.3 is 5.97 Å². The number of benzene rings is 1. The van der Waals surface area contributed by atoms with E-state index in [2.05, 4.69) is 34.8 Å². The number of hydrogen-bond acceptors (Lipinski definition) is 8. The summed E-state index contributed by atoms with van der Waals surface area (Å²) >= 11 is 1.32. The molecule has 0 amide bonds. The van der Waals surface area contributed by atoms with Gasteiger partial charge in [0.1, 0.15) is 0 Å². The first-order valence-electron chi connectivity index (χ1n) is 12.5. The van der Waals surface area contributed by atoms with Gasteiger partial charge in [-0.25, -0.2) is 9.79 Å². The number of ether oxygens (including phenoxy) is 3. The van der Waals surface area contributed by atoms with Gasteiger partial charge in [0.25, 0.3) is 5.56 Å². The van der Waals surface area contributed by atoms with E-state index in [9.17, 15) is 9.59 Å². The SMILES string of the molecule is C=CCN1C=C(/C=c2\sc3n(c2=O)C(c2ccc4c(c2)OCO4)C(C(=O)OCC)=C(C)N=3)C2C=CC=CC21. The van der Waals surface area contributed by atoms with Gasteiger partial charge in [0, 0.05) is 18.7 Å². The van der Waals surface area contributed by atoms with E-state index in [0.717, 1.165) is 11.1 Å². The fourth-order valence-corrected chi connectivity index (χ4v) is 6.43. The Bertz CT molecular complexity index is 1640. The number of aromatic nitrogens is 1. The van der Waals surface area contributed by atoms with E-state index in [1.807, 2.05) is 36.4 Å². The molecule has 9 heteroatoms. The Morgan fingerprint density at radius 1 is 1.26 bits per heavy atom. The summed E-state index contributed by atoms with van der Waals surface area (Å²) in [6, 6.07) is 4.95. The Labute approximate surface area is 223 Å². The van der Waals surface area contributed by atoms with Crippen molar-refractivity contribution < 1.29 is 19.0 Å². The van der Waals surface area contributed by atoms with Crippen molar-refractivity contribution in [2.45, 2.75) is 25.9 Å². The van der Waals surface area contributed by atoms with Crippen molar-refractivity contribution in [2.75, 3.05) is 19.9 Å². The van der Waals surface area contributed by atoms with Crippen molar-refractivity contribution in [3.05, 3.63) is 103 Å². The number of carbonyl (C=O) groups excluding carboxylic acids is 1. The lowest BCUT2D eigenvalue weighted by Gasteiger charge is -2.26. The van der Waals surface area contributed by atoms with E-state index in [0.29, 0.717) is 38.6 Å². The van der Waals surface area contributed by atoms with Crippen LogP contribution in [0.3, 0.4) is 0 Å². The van der Waals surface area contributed by atoms with E-state index < -0.39 is 12.0 Å². The zero-order valence-corrected chi connectivity index (χ0v) is 21.9. The Balaban J connectivity index is 1.50. The molecule has 1 aromatic heterocycles. The lowest BCUT2D eigenvalue weighted by Crippen LogP contribution is -2.40. The highest BCUT2D eigenvalue weighted by atomic mass is 32.1. The number of rotatable bonds is 6. The molecule has 194 valence electrons. The van der Waals surface area contributed by atoms with Gasteiger partial charge < -0.3 is 19.1 Å². The molecule has 38 heavy (non-hydrogen) atoms. The molecular formula is C29H27N3O5S. The lowest BCUT2D eigenvalue weighted by atomic mass is 9.91. The lowest BCUT2D eigenvalue weighted by molar-refractivity contribution is -0.139. The van der Waals surface area contributed by atoms with Crippen LogP contribution in [0, 0.1) is 5.92 Å². The summed E-state index contributed by atoms with van der Waals surface area (Å²) in [5, 5.41) is 0. The average molecular weight is 530 g/mol. The highest BCUT2D eigenvalue weighted by Gasteiger charge is 2.35. The number of esters is 1. The maximum Gasteiger partial charge on any atom is 0.338 e. The molecule has 3 unspecified atom stereocenters. The van der Waals surface area contributed by atoms with Crippen LogP contribution in [0.25, 0.3) is 6.08 Å². The Morgan fingerprint density at radius 3 is 2.89 bits per heavy atom. The maximum atomic E-state index is 14.0. The van der Waals surface area contributed by atoms with Gasteiger partial charge in [0.05, 0.1) is 34.5 Å². The monoisotopic (exact) mass is 529 g/mol. The fourth-order valence-electron chi connectivity index (χ4n) is 5.38. The van der Waals surface area contributed by atoms with Crippen molar-refractivity contribution in [1.82, 2.24) is 9.47 Å². The van der Waals surface area contributed by atoms with Gasteiger partial charge in [-0.05, 0) is 43.2 Å². The van der Waals surface area contributed by atoms with Crippen molar-refractivity contribution in [3.8, 4) is 11.5 Å². The Morgan fingerprint density at radius 2 is 2.08 bits per heavy atom. The van der Waals surface area contributed by atoms with Crippen LogP contribution < -0.4 is 24.4 Å². The number of thiazole rings is 1. The molecule has 4 aliphatic rings. The topological polar surface area (TPSA) is 82.4 Å². The molecule has 1 aliphatic carbocycles. The minimum absolute atomic E-state index is 0.130. The van der Waals surface area contributed by atoms with E-state index >= 15 is 0 Å². The van der Waals surface area contributed by atoms with Crippen molar-refractivity contribution in [1.29, 1.82) is 0 Å². The quantitative estimate of drug-likeness (QED) is 0.423. The second-order valence-electron chi connectivity index (χ2n) is 9.32. The molecule has 0 fully saturated rings. The first kappa shape index (κ1) is 24.2. The molecule has 0 saturated heterocycles. The second kappa shape index (κ2) is 9.64. The summed E-state index contributed by atoms with van der Waals surface area (Å²) in [7, 11) is 0. The van der Waals surface area contributed by atoms with Crippen molar-refractivity contribution >= 4 is 23.4 Å². The molecule has 3 atom stereocenters. The van der Waals surface area contributed by atoms with E-state index in [1.165, 1.54) is 11.3 Å². The van der Waals surface area contributed by atoms with Crippen LogP contribution in [-0.4, -0.2) is 41.4 Å². The summed E-state index contributed by atoms with van der Waals surface area (Å²) in [6.45, 7) is 8.47. The van der Waals surface area contributed by atoms with Crippen LogP contribution in [0.2, 0.25) is 0 Å². The van der Waals surface area contributed by atoms with E-state index in [1.54, 1.807) is 24.5 Å². The number of hydrogen-bond donors (Lipinski definition) is 0. The summed E-state index contributed by atoms with van der Waals surface area (Å²) in [5.41, 5.74) is 2.42. The first-order valence-corrected chi connectivity index (χ1v) is 13.3. The largest absolute Gasteiger partial charge is 0.463 e. The minimum Gasteiger partial charge on any atom is -0.463 e. The molecule has 4 heterocycles. The second-order valence-corrected chi connectivity index (χ2v) is 10.3. The smallest absolute Gasteiger partial charge is 0.338 e. The van der Waals surface area contributed by atoms with Crippen LogP contribution in [0.15, 0.2) is 88.0 Å². The molecule has 2 aromatic rings. The van der Waals surface area contributed by atoms with Crippen LogP contribution in [-0.2, 0) is 9.53 Å². The van der Waals surface area contributed by atoms with Gasteiger partial charge in [-0.2, -0.15) is 0 Å². The standard InChI is InChI=1S/C29H27N3O5S/c1-4-12-31-15-19(20-8-6-7-9-21(20)31)14-24-27(33)32-26(18-10-11-22-23(13-18)37-16-36-22)25(28(34)35-5-2)17(3)30-29(32)38-24/h4,6-11,13-15,20-21,26H,1,5,12,16H2,2-3H3/b24-14-.